The molecule has 2 rings (SSSR count). The summed E-state index contributed by atoms with van der Waals surface area (Å²) >= 11 is 0. The number of aromatic nitrogens is 1. The van der Waals surface area contributed by atoms with Crippen LogP contribution in [0.5, 0.6) is 0 Å². The Hall–Kier alpha value is -2.30. The molecule has 1 amide bonds. The molecule has 1 aromatic heterocycles. The molecular formula is C14H17N3O2. The molecule has 0 radical (unpaired) electrons. The predicted octanol–water partition coefficient (Wildman–Crippen LogP) is 2.34. The van der Waals surface area contributed by atoms with Crippen molar-refractivity contribution in [3.63, 3.8) is 0 Å². The van der Waals surface area contributed by atoms with Crippen molar-refractivity contribution in [3.05, 3.63) is 47.3 Å². The molecule has 0 aliphatic carbocycles. The van der Waals surface area contributed by atoms with Crippen molar-refractivity contribution in [1.82, 2.24) is 10.5 Å². The van der Waals surface area contributed by atoms with Gasteiger partial charge in [-0.1, -0.05) is 5.16 Å². The molecule has 0 aliphatic heterocycles. The van der Waals surface area contributed by atoms with Crippen molar-refractivity contribution in [3.8, 4) is 0 Å². The number of nitrogens with one attached hydrogen (secondary N) is 2. The molecule has 0 bridgehead atoms. The van der Waals surface area contributed by atoms with Crippen LogP contribution in [-0.4, -0.2) is 17.6 Å². The summed E-state index contributed by atoms with van der Waals surface area (Å²) in [5, 5.41) is 9.77. The van der Waals surface area contributed by atoms with Gasteiger partial charge in [0.1, 0.15) is 12.0 Å². The van der Waals surface area contributed by atoms with Gasteiger partial charge in [-0.2, -0.15) is 0 Å². The van der Waals surface area contributed by atoms with Crippen LogP contribution in [0, 0.1) is 6.92 Å². The van der Waals surface area contributed by atoms with Gasteiger partial charge >= 0.3 is 0 Å². The van der Waals surface area contributed by atoms with Gasteiger partial charge in [-0.25, -0.2) is 0 Å². The fourth-order valence-corrected chi connectivity index (χ4v) is 1.83. The Bertz CT molecular complexity index is 550. The van der Waals surface area contributed by atoms with E-state index in [1.807, 2.05) is 32.0 Å². The van der Waals surface area contributed by atoms with Gasteiger partial charge in [0.15, 0.2) is 0 Å². The topological polar surface area (TPSA) is 67.2 Å². The fraction of sp³-hybridized carbons (Fsp3) is 0.286. The maximum Gasteiger partial charge on any atom is 0.251 e. The molecule has 1 heterocycles. The van der Waals surface area contributed by atoms with Crippen molar-refractivity contribution < 1.29 is 9.32 Å². The van der Waals surface area contributed by atoms with Crippen molar-refractivity contribution in [2.75, 3.05) is 11.9 Å². The molecule has 5 nitrogen and oxygen atoms in total. The van der Waals surface area contributed by atoms with Gasteiger partial charge in [0.2, 0.25) is 0 Å². The van der Waals surface area contributed by atoms with Gasteiger partial charge < -0.3 is 15.2 Å². The van der Waals surface area contributed by atoms with Crippen LogP contribution in [-0.2, 0) is 6.54 Å². The highest BCUT2D eigenvalue weighted by Gasteiger charge is 2.09. The minimum absolute atomic E-state index is 0.108. The van der Waals surface area contributed by atoms with E-state index in [0.29, 0.717) is 17.8 Å². The molecular weight excluding hydrogens is 242 g/mol. The Labute approximate surface area is 112 Å². The molecule has 19 heavy (non-hydrogen) atoms. The van der Waals surface area contributed by atoms with E-state index in [0.717, 1.165) is 17.8 Å². The number of nitrogens with zero attached hydrogens (tertiary/aromatic N) is 1. The summed E-state index contributed by atoms with van der Waals surface area (Å²) in [5.41, 5.74) is 3.34. The minimum atomic E-state index is -0.108. The number of benzene rings is 1. The van der Waals surface area contributed by atoms with Crippen LogP contribution in [0.2, 0.25) is 0 Å². The second-order valence-electron chi connectivity index (χ2n) is 4.23. The third-order valence-corrected chi connectivity index (χ3v) is 2.77. The number of carbonyl (C=O) groups excluding carboxylic acids is 1. The number of hydrogen-bond donors (Lipinski definition) is 2. The van der Waals surface area contributed by atoms with E-state index in [9.17, 15) is 4.79 Å². The summed E-state index contributed by atoms with van der Waals surface area (Å²) in [6.45, 7) is 5.18. The smallest absolute Gasteiger partial charge is 0.251 e. The van der Waals surface area contributed by atoms with E-state index in [1.165, 1.54) is 6.26 Å². The summed E-state index contributed by atoms with van der Waals surface area (Å²) in [6, 6.07) is 7.42. The second-order valence-corrected chi connectivity index (χ2v) is 4.23. The summed E-state index contributed by atoms with van der Waals surface area (Å²) in [7, 11) is 0. The van der Waals surface area contributed by atoms with Gasteiger partial charge in [-0.3, -0.25) is 4.79 Å². The van der Waals surface area contributed by atoms with Crippen LogP contribution in [0.1, 0.15) is 28.5 Å². The Morgan fingerprint density at radius 3 is 2.84 bits per heavy atom. The standard InChI is InChI=1S/C14H17N3O2/c1-3-15-11-4-5-13(10(2)8-11)14(18)16-9-12-6-7-19-17-12/h4-8,15H,3,9H2,1-2H3,(H,16,18). The third kappa shape index (κ3) is 3.34. The van der Waals surface area contributed by atoms with Gasteiger partial charge in [0, 0.05) is 23.9 Å². The lowest BCUT2D eigenvalue weighted by molar-refractivity contribution is 0.0949. The van der Waals surface area contributed by atoms with Crippen molar-refractivity contribution in [1.29, 1.82) is 0 Å². The van der Waals surface area contributed by atoms with Crippen LogP contribution in [0.15, 0.2) is 35.1 Å². The van der Waals surface area contributed by atoms with E-state index in [1.54, 1.807) is 6.07 Å². The molecule has 0 saturated carbocycles. The fourth-order valence-electron chi connectivity index (χ4n) is 1.83. The maximum atomic E-state index is 12.0. The van der Waals surface area contributed by atoms with Gasteiger partial charge in [-0.05, 0) is 37.6 Å². The molecule has 0 saturated heterocycles. The first-order valence-electron chi connectivity index (χ1n) is 6.22. The van der Waals surface area contributed by atoms with Crippen molar-refractivity contribution in [2.45, 2.75) is 20.4 Å². The van der Waals surface area contributed by atoms with Gasteiger partial charge in [0.05, 0.1) is 6.54 Å². The molecule has 2 aromatic rings. The van der Waals surface area contributed by atoms with Crippen LogP contribution >= 0.6 is 0 Å². The zero-order valence-corrected chi connectivity index (χ0v) is 11.1. The highest BCUT2D eigenvalue weighted by atomic mass is 16.5. The highest BCUT2D eigenvalue weighted by molar-refractivity contribution is 5.96. The SMILES string of the molecule is CCNc1ccc(C(=O)NCc2ccon2)c(C)c1. The van der Waals surface area contributed by atoms with E-state index >= 15 is 0 Å². The van der Waals surface area contributed by atoms with Crippen LogP contribution in [0.25, 0.3) is 0 Å². The first-order chi connectivity index (χ1) is 9.20. The third-order valence-electron chi connectivity index (χ3n) is 2.77. The van der Waals surface area contributed by atoms with Crippen LogP contribution in [0.3, 0.4) is 0 Å². The van der Waals surface area contributed by atoms with E-state index in [-0.39, 0.29) is 5.91 Å². The number of carbonyl (C=O) groups is 1. The number of anilines is 1. The molecule has 2 N–H and O–H groups in total. The number of amides is 1. The van der Waals surface area contributed by atoms with Gasteiger partial charge in [0.25, 0.3) is 5.91 Å². The molecule has 100 valence electrons. The second kappa shape index (κ2) is 6.04. The average Bonchev–Trinajstić information content (AvgIpc) is 2.89. The molecule has 1 aromatic carbocycles. The van der Waals surface area contributed by atoms with Crippen molar-refractivity contribution >= 4 is 11.6 Å². The Kier molecular flexibility index (Phi) is 4.18. The normalized spacial score (nSPS) is 10.2. The van der Waals surface area contributed by atoms with Crippen LogP contribution in [0.4, 0.5) is 5.69 Å². The number of hydrogen-bond acceptors (Lipinski definition) is 4. The average molecular weight is 259 g/mol. The largest absolute Gasteiger partial charge is 0.385 e. The zero-order chi connectivity index (χ0) is 13.7. The summed E-state index contributed by atoms with van der Waals surface area (Å²) in [5.74, 6) is -0.108. The quantitative estimate of drug-likeness (QED) is 0.865. The summed E-state index contributed by atoms with van der Waals surface area (Å²) in [6.07, 6.45) is 1.48. The molecule has 0 fully saturated rings. The first-order valence-corrected chi connectivity index (χ1v) is 6.22. The Morgan fingerprint density at radius 2 is 2.21 bits per heavy atom. The minimum Gasteiger partial charge on any atom is -0.385 e. The van der Waals surface area contributed by atoms with Gasteiger partial charge in [-0.15, -0.1) is 0 Å². The molecule has 0 atom stereocenters. The first kappa shape index (κ1) is 13.1. The predicted molar refractivity (Wildman–Crippen MR) is 73.0 cm³/mol. The molecule has 0 spiro atoms. The lowest BCUT2D eigenvalue weighted by Gasteiger charge is -2.09. The summed E-state index contributed by atoms with van der Waals surface area (Å²) < 4.78 is 4.71. The van der Waals surface area contributed by atoms with E-state index in [4.69, 9.17) is 4.52 Å². The maximum absolute atomic E-state index is 12.0. The van der Waals surface area contributed by atoms with E-state index < -0.39 is 0 Å². The van der Waals surface area contributed by atoms with Crippen LogP contribution < -0.4 is 10.6 Å². The monoisotopic (exact) mass is 259 g/mol. The lowest BCUT2D eigenvalue weighted by atomic mass is 10.1. The molecule has 0 aliphatic rings. The lowest BCUT2D eigenvalue weighted by Crippen LogP contribution is -2.23. The Morgan fingerprint density at radius 1 is 1.37 bits per heavy atom. The molecule has 5 heteroatoms. The number of rotatable bonds is 5. The number of aryl methyl sites for hydroxylation is 1. The van der Waals surface area contributed by atoms with E-state index in [2.05, 4.69) is 15.8 Å². The summed E-state index contributed by atoms with van der Waals surface area (Å²) in [4.78, 5) is 12.0. The molecule has 0 unspecified atom stereocenters. The highest BCUT2D eigenvalue weighted by Crippen LogP contribution is 2.15. The zero-order valence-electron chi connectivity index (χ0n) is 11.1. The van der Waals surface area contributed by atoms with Crippen molar-refractivity contribution in [2.24, 2.45) is 0 Å². The Balaban J connectivity index is 2.02.